The Kier molecular flexibility index (Phi) is 6.51. The second-order valence-corrected chi connectivity index (χ2v) is 8.75. The number of hydrogen-bond acceptors (Lipinski definition) is 5. The minimum absolute atomic E-state index is 0.0991. The maximum Gasteiger partial charge on any atom is 0.338 e. The summed E-state index contributed by atoms with van der Waals surface area (Å²) in [5.41, 5.74) is 4.75. The highest BCUT2D eigenvalue weighted by Gasteiger charge is 2.38. The van der Waals surface area contributed by atoms with Gasteiger partial charge >= 0.3 is 5.97 Å². The van der Waals surface area contributed by atoms with Crippen LogP contribution in [-0.4, -0.2) is 42.2 Å². The summed E-state index contributed by atoms with van der Waals surface area (Å²) in [6.07, 6.45) is 0. The number of anilines is 1. The molecule has 3 amide bonds. The first-order chi connectivity index (χ1) is 16.7. The van der Waals surface area contributed by atoms with Crippen LogP contribution in [0.3, 0.4) is 0 Å². The van der Waals surface area contributed by atoms with Crippen molar-refractivity contribution in [3.8, 4) is 0 Å². The van der Waals surface area contributed by atoms with Crippen LogP contribution in [0.25, 0.3) is 0 Å². The number of carbonyl (C=O) groups excluding carboxylic acids is 4. The molecule has 0 spiro atoms. The van der Waals surface area contributed by atoms with Gasteiger partial charge in [0, 0.05) is 13.6 Å². The molecule has 4 rings (SSSR count). The van der Waals surface area contributed by atoms with Crippen LogP contribution in [0.15, 0.2) is 60.7 Å². The van der Waals surface area contributed by atoms with E-state index in [9.17, 15) is 19.2 Å². The van der Waals surface area contributed by atoms with Gasteiger partial charge in [-0.15, -0.1) is 0 Å². The smallest absolute Gasteiger partial charge is 0.338 e. The Morgan fingerprint density at radius 2 is 1.57 bits per heavy atom. The number of fused-ring (bicyclic) bond motifs is 1. The van der Waals surface area contributed by atoms with Crippen LogP contribution >= 0.6 is 0 Å². The van der Waals surface area contributed by atoms with Crippen LogP contribution in [0.5, 0.6) is 0 Å². The van der Waals surface area contributed by atoms with Gasteiger partial charge in [-0.1, -0.05) is 36.4 Å². The number of rotatable bonds is 6. The Morgan fingerprint density at radius 3 is 2.31 bits per heavy atom. The molecule has 0 bridgehead atoms. The zero-order valence-corrected chi connectivity index (χ0v) is 20.1. The van der Waals surface area contributed by atoms with E-state index in [4.69, 9.17) is 4.74 Å². The van der Waals surface area contributed by atoms with Gasteiger partial charge in [-0.05, 0) is 67.3 Å². The van der Waals surface area contributed by atoms with Crippen LogP contribution in [0.2, 0.25) is 0 Å². The first-order valence-corrected chi connectivity index (χ1v) is 11.2. The standard InChI is InChI=1S/C28H26N2O5/c1-17-9-10-19(3)24(13-17)30-26(32)22-12-11-20(14-23(22)27(30)33)28(34)35-16-25(31)29(4)15-21-8-6-5-7-18(21)2/h5-14H,15-16H2,1-4H3. The minimum Gasteiger partial charge on any atom is -0.452 e. The molecule has 1 aliphatic heterocycles. The molecule has 0 fully saturated rings. The van der Waals surface area contributed by atoms with Crippen molar-refractivity contribution in [3.63, 3.8) is 0 Å². The number of esters is 1. The summed E-state index contributed by atoms with van der Waals surface area (Å²) in [6, 6.07) is 17.5. The lowest BCUT2D eigenvalue weighted by atomic mass is 10.1. The third kappa shape index (κ3) is 4.71. The van der Waals surface area contributed by atoms with E-state index >= 15 is 0 Å². The molecule has 0 atom stereocenters. The van der Waals surface area contributed by atoms with Crippen LogP contribution in [0, 0.1) is 20.8 Å². The van der Waals surface area contributed by atoms with Crippen molar-refractivity contribution in [3.05, 3.63) is 99.6 Å². The number of aryl methyl sites for hydroxylation is 3. The number of nitrogens with zero attached hydrogens (tertiary/aromatic N) is 2. The Bertz CT molecular complexity index is 1360. The average molecular weight is 471 g/mol. The molecule has 0 aliphatic carbocycles. The fraction of sp³-hybridized carbons (Fsp3) is 0.214. The molecule has 1 heterocycles. The van der Waals surface area contributed by atoms with Crippen molar-refractivity contribution >= 4 is 29.4 Å². The molecular weight excluding hydrogens is 444 g/mol. The molecule has 1 aliphatic rings. The van der Waals surface area contributed by atoms with Crippen molar-refractivity contribution in [1.29, 1.82) is 0 Å². The van der Waals surface area contributed by atoms with Crippen LogP contribution in [0.1, 0.15) is 53.3 Å². The number of amides is 3. The van der Waals surface area contributed by atoms with E-state index in [1.165, 1.54) is 23.1 Å². The van der Waals surface area contributed by atoms with Crippen LogP contribution in [0.4, 0.5) is 5.69 Å². The highest BCUT2D eigenvalue weighted by molar-refractivity contribution is 6.35. The van der Waals surface area contributed by atoms with Gasteiger partial charge in [0.05, 0.1) is 22.4 Å². The predicted molar refractivity (Wildman–Crippen MR) is 131 cm³/mol. The van der Waals surface area contributed by atoms with Crippen molar-refractivity contribution in [2.24, 2.45) is 0 Å². The molecule has 178 valence electrons. The lowest BCUT2D eigenvalue weighted by Crippen LogP contribution is -2.31. The minimum atomic E-state index is -0.740. The lowest BCUT2D eigenvalue weighted by Gasteiger charge is -2.18. The van der Waals surface area contributed by atoms with Gasteiger partial charge in [0.15, 0.2) is 6.61 Å². The second kappa shape index (κ2) is 9.54. The van der Waals surface area contributed by atoms with Gasteiger partial charge in [-0.3, -0.25) is 14.4 Å². The molecule has 0 saturated carbocycles. The predicted octanol–water partition coefficient (Wildman–Crippen LogP) is 4.23. The maximum atomic E-state index is 13.1. The van der Waals surface area contributed by atoms with Crippen molar-refractivity contribution < 1.29 is 23.9 Å². The van der Waals surface area contributed by atoms with E-state index in [0.29, 0.717) is 12.2 Å². The van der Waals surface area contributed by atoms with E-state index in [1.54, 1.807) is 13.1 Å². The Morgan fingerprint density at radius 1 is 0.857 bits per heavy atom. The summed E-state index contributed by atoms with van der Waals surface area (Å²) >= 11 is 0. The average Bonchev–Trinajstić information content (AvgIpc) is 3.09. The number of hydrogen-bond donors (Lipinski definition) is 0. The zero-order chi connectivity index (χ0) is 25.3. The highest BCUT2D eigenvalue weighted by atomic mass is 16.5. The highest BCUT2D eigenvalue weighted by Crippen LogP contribution is 2.32. The molecule has 0 aromatic heterocycles. The van der Waals surface area contributed by atoms with Crippen molar-refractivity contribution in [2.45, 2.75) is 27.3 Å². The lowest BCUT2D eigenvalue weighted by molar-refractivity contribution is -0.133. The van der Waals surface area contributed by atoms with Gasteiger partial charge in [-0.25, -0.2) is 9.69 Å². The van der Waals surface area contributed by atoms with Gasteiger partial charge in [-0.2, -0.15) is 0 Å². The summed E-state index contributed by atoms with van der Waals surface area (Å²) < 4.78 is 5.21. The summed E-state index contributed by atoms with van der Waals surface area (Å²) in [5.74, 6) is -2.03. The maximum absolute atomic E-state index is 13.1. The van der Waals surface area contributed by atoms with E-state index in [2.05, 4.69) is 0 Å². The fourth-order valence-electron chi connectivity index (χ4n) is 4.00. The SMILES string of the molecule is Cc1ccc(C)c(N2C(=O)c3ccc(C(=O)OCC(=O)N(C)Cc4ccccc4C)cc3C2=O)c1. The van der Waals surface area contributed by atoms with Gasteiger partial charge in [0.1, 0.15) is 0 Å². The molecule has 0 unspecified atom stereocenters. The first-order valence-electron chi connectivity index (χ1n) is 11.2. The third-order valence-corrected chi connectivity index (χ3v) is 6.15. The zero-order valence-electron chi connectivity index (χ0n) is 20.1. The normalized spacial score (nSPS) is 12.5. The van der Waals surface area contributed by atoms with E-state index in [1.807, 2.05) is 57.2 Å². The molecule has 7 nitrogen and oxygen atoms in total. The van der Waals surface area contributed by atoms with Crippen LogP contribution < -0.4 is 4.90 Å². The number of imide groups is 1. The molecule has 7 heteroatoms. The Balaban J connectivity index is 1.45. The third-order valence-electron chi connectivity index (χ3n) is 6.15. The summed E-state index contributed by atoms with van der Waals surface area (Å²) in [5, 5.41) is 0. The van der Waals surface area contributed by atoms with E-state index in [0.717, 1.165) is 27.2 Å². The number of carbonyl (C=O) groups is 4. The van der Waals surface area contributed by atoms with Gasteiger partial charge in [0.25, 0.3) is 17.7 Å². The number of benzene rings is 3. The molecule has 3 aromatic carbocycles. The molecule has 0 radical (unpaired) electrons. The van der Waals surface area contributed by atoms with Gasteiger partial charge < -0.3 is 9.64 Å². The van der Waals surface area contributed by atoms with Crippen molar-refractivity contribution in [2.75, 3.05) is 18.6 Å². The molecule has 3 aromatic rings. The summed E-state index contributed by atoms with van der Waals surface area (Å²) in [7, 11) is 1.64. The quantitative estimate of drug-likeness (QED) is 0.398. The van der Waals surface area contributed by atoms with Crippen molar-refractivity contribution in [1.82, 2.24) is 4.90 Å². The molecule has 0 N–H and O–H groups in total. The van der Waals surface area contributed by atoms with E-state index in [-0.39, 0.29) is 22.6 Å². The van der Waals surface area contributed by atoms with Crippen LogP contribution in [-0.2, 0) is 16.1 Å². The summed E-state index contributed by atoms with van der Waals surface area (Å²) in [4.78, 5) is 53.8. The first kappa shape index (κ1) is 23.9. The molecule has 0 saturated heterocycles. The van der Waals surface area contributed by atoms with E-state index < -0.39 is 24.4 Å². The largest absolute Gasteiger partial charge is 0.452 e. The molecular formula is C28H26N2O5. The number of ether oxygens (including phenoxy) is 1. The Hall–Kier alpha value is -4.26. The topological polar surface area (TPSA) is 84.0 Å². The second-order valence-electron chi connectivity index (χ2n) is 8.75. The summed E-state index contributed by atoms with van der Waals surface area (Å²) in [6.45, 7) is 5.64. The monoisotopic (exact) mass is 470 g/mol. The molecule has 35 heavy (non-hydrogen) atoms. The number of likely N-dealkylation sites (N-methyl/N-ethyl adjacent to an activating group) is 1. The fourth-order valence-corrected chi connectivity index (χ4v) is 4.00. The Labute approximate surface area is 203 Å². The van der Waals surface area contributed by atoms with Gasteiger partial charge in [0.2, 0.25) is 0 Å².